The fourth-order valence-corrected chi connectivity index (χ4v) is 3.28. The molecule has 0 aliphatic heterocycles. The summed E-state index contributed by atoms with van der Waals surface area (Å²) in [5.41, 5.74) is 0.545. The molecule has 0 radical (unpaired) electrons. The smallest absolute Gasteiger partial charge is 0.339 e. The van der Waals surface area contributed by atoms with Crippen molar-refractivity contribution in [2.75, 3.05) is 52.5 Å². The van der Waals surface area contributed by atoms with Crippen molar-refractivity contribution in [3.05, 3.63) is 35.4 Å². The van der Waals surface area contributed by atoms with E-state index in [1.807, 2.05) is 0 Å². The zero-order valence-electron chi connectivity index (χ0n) is 19.3. The van der Waals surface area contributed by atoms with E-state index in [-0.39, 0.29) is 11.1 Å². The van der Waals surface area contributed by atoms with Crippen molar-refractivity contribution in [3.8, 4) is 0 Å². The lowest BCUT2D eigenvalue weighted by atomic mass is 10.1. The van der Waals surface area contributed by atoms with Gasteiger partial charge in [-0.2, -0.15) is 0 Å². The molecule has 0 fully saturated rings. The van der Waals surface area contributed by atoms with E-state index in [9.17, 15) is 9.59 Å². The molecule has 0 unspecified atom stereocenters. The molecule has 0 amide bonds. The van der Waals surface area contributed by atoms with Crippen LogP contribution in [0, 0.1) is 0 Å². The maximum Gasteiger partial charge on any atom is 0.339 e. The van der Waals surface area contributed by atoms with Gasteiger partial charge < -0.3 is 19.3 Å². The van der Waals surface area contributed by atoms with E-state index in [4.69, 9.17) is 9.47 Å². The number of carbonyl (C=O) groups excluding carboxylic acids is 2. The van der Waals surface area contributed by atoms with Crippen molar-refractivity contribution in [3.63, 3.8) is 0 Å². The second kappa shape index (κ2) is 15.9. The topological polar surface area (TPSA) is 59.1 Å². The number of carbonyl (C=O) groups is 2. The van der Waals surface area contributed by atoms with Crippen LogP contribution < -0.4 is 0 Å². The predicted molar refractivity (Wildman–Crippen MR) is 121 cm³/mol. The summed E-state index contributed by atoms with van der Waals surface area (Å²) in [7, 11) is 0. The van der Waals surface area contributed by atoms with Gasteiger partial charge >= 0.3 is 11.9 Å². The largest absolute Gasteiger partial charge is 0.462 e. The molecule has 1 rings (SSSR count). The third kappa shape index (κ3) is 9.72. The molecular formula is C24H40N2O4. The van der Waals surface area contributed by atoms with Crippen LogP contribution in [0.3, 0.4) is 0 Å². The monoisotopic (exact) mass is 420 g/mol. The van der Waals surface area contributed by atoms with Crippen LogP contribution in [0.2, 0.25) is 0 Å². The number of unbranched alkanes of at least 4 members (excludes halogenated alkanes) is 2. The van der Waals surface area contributed by atoms with E-state index in [1.165, 1.54) is 0 Å². The van der Waals surface area contributed by atoms with Gasteiger partial charge in [-0.25, -0.2) is 9.59 Å². The van der Waals surface area contributed by atoms with Crippen LogP contribution in [0.25, 0.3) is 0 Å². The zero-order chi connectivity index (χ0) is 22.2. The van der Waals surface area contributed by atoms with Gasteiger partial charge in [0, 0.05) is 0 Å². The number of esters is 2. The van der Waals surface area contributed by atoms with Gasteiger partial charge in [0.05, 0.1) is 24.3 Å². The van der Waals surface area contributed by atoms with E-state index in [0.29, 0.717) is 13.2 Å². The van der Waals surface area contributed by atoms with E-state index in [0.717, 1.165) is 65.0 Å². The van der Waals surface area contributed by atoms with Crippen LogP contribution in [0.5, 0.6) is 0 Å². The molecule has 0 aliphatic rings. The summed E-state index contributed by atoms with van der Waals surface area (Å²) >= 11 is 0. The molecule has 1 aromatic carbocycles. The minimum absolute atomic E-state index is 0.273. The van der Waals surface area contributed by atoms with Crippen LogP contribution in [0.4, 0.5) is 0 Å². The third-order valence-corrected chi connectivity index (χ3v) is 5.36. The highest BCUT2D eigenvalue weighted by Gasteiger charge is 2.18. The van der Waals surface area contributed by atoms with Crippen LogP contribution in [-0.2, 0) is 9.47 Å². The molecule has 0 saturated carbocycles. The van der Waals surface area contributed by atoms with Crippen LogP contribution in [0.1, 0.15) is 74.1 Å². The Kier molecular flexibility index (Phi) is 13.8. The lowest BCUT2D eigenvalue weighted by molar-refractivity contribution is 0.0448. The SMILES string of the molecule is CCN(CC)CCCCOC(=O)c1ccccc1C(=O)OCCCCN(CC)CC. The Labute approximate surface area is 182 Å². The van der Waals surface area contributed by atoms with Crippen molar-refractivity contribution < 1.29 is 19.1 Å². The van der Waals surface area contributed by atoms with Gasteiger partial charge in [0.25, 0.3) is 0 Å². The first-order chi connectivity index (χ1) is 14.6. The highest BCUT2D eigenvalue weighted by atomic mass is 16.5. The average Bonchev–Trinajstić information content (AvgIpc) is 2.78. The molecule has 6 nitrogen and oxygen atoms in total. The standard InChI is InChI=1S/C24H40N2O4/c1-5-25(6-2)17-11-13-19-29-23(27)21-15-9-10-16-22(21)24(28)30-20-14-12-18-26(7-3)8-4/h9-10,15-16H,5-8,11-14,17-20H2,1-4H3. The molecule has 0 saturated heterocycles. The molecule has 1 aromatic rings. The van der Waals surface area contributed by atoms with Gasteiger partial charge in [-0.3, -0.25) is 0 Å². The Balaban J connectivity index is 2.42. The molecule has 0 atom stereocenters. The van der Waals surface area contributed by atoms with Crippen molar-refractivity contribution in [1.29, 1.82) is 0 Å². The molecule has 0 bridgehead atoms. The number of benzene rings is 1. The molecule has 0 aromatic heterocycles. The van der Waals surface area contributed by atoms with Crippen molar-refractivity contribution in [1.82, 2.24) is 9.80 Å². The fraction of sp³-hybridized carbons (Fsp3) is 0.667. The second-order valence-corrected chi connectivity index (χ2v) is 7.29. The van der Waals surface area contributed by atoms with E-state index < -0.39 is 11.9 Å². The van der Waals surface area contributed by atoms with E-state index >= 15 is 0 Å². The predicted octanol–water partition coefficient (Wildman–Crippen LogP) is 4.24. The first-order valence-electron chi connectivity index (χ1n) is 11.4. The maximum absolute atomic E-state index is 12.5. The van der Waals surface area contributed by atoms with Crippen molar-refractivity contribution in [2.24, 2.45) is 0 Å². The summed E-state index contributed by atoms with van der Waals surface area (Å²) in [5, 5.41) is 0. The number of rotatable bonds is 16. The van der Waals surface area contributed by atoms with Crippen LogP contribution >= 0.6 is 0 Å². The normalized spacial score (nSPS) is 11.1. The second-order valence-electron chi connectivity index (χ2n) is 7.29. The molecule has 0 spiro atoms. The Morgan fingerprint density at radius 3 is 1.37 bits per heavy atom. The quantitative estimate of drug-likeness (QED) is 0.294. The zero-order valence-corrected chi connectivity index (χ0v) is 19.3. The molecular weight excluding hydrogens is 380 g/mol. The molecule has 0 heterocycles. The molecule has 170 valence electrons. The number of hydrogen-bond acceptors (Lipinski definition) is 6. The Morgan fingerprint density at radius 1 is 0.667 bits per heavy atom. The molecule has 30 heavy (non-hydrogen) atoms. The van der Waals surface area contributed by atoms with Gasteiger partial charge in [0.15, 0.2) is 0 Å². The summed E-state index contributed by atoms with van der Waals surface area (Å²) in [5.74, 6) is -0.932. The number of hydrogen-bond donors (Lipinski definition) is 0. The number of ether oxygens (including phenoxy) is 2. The van der Waals surface area contributed by atoms with Gasteiger partial charge in [-0.15, -0.1) is 0 Å². The maximum atomic E-state index is 12.5. The van der Waals surface area contributed by atoms with Gasteiger partial charge in [-0.05, 0) is 77.1 Å². The number of nitrogens with zero attached hydrogens (tertiary/aromatic N) is 2. The Bertz CT molecular complexity index is 560. The summed E-state index contributed by atoms with van der Waals surface area (Å²) in [6, 6.07) is 6.71. The minimum atomic E-state index is -0.466. The summed E-state index contributed by atoms with van der Waals surface area (Å²) < 4.78 is 10.8. The first kappa shape index (κ1) is 26.1. The fourth-order valence-electron chi connectivity index (χ4n) is 3.28. The lowest BCUT2D eigenvalue weighted by Crippen LogP contribution is -2.24. The van der Waals surface area contributed by atoms with Crippen LogP contribution in [-0.4, -0.2) is 74.2 Å². The molecule has 0 aliphatic carbocycles. The highest BCUT2D eigenvalue weighted by Crippen LogP contribution is 2.13. The summed E-state index contributed by atoms with van der Waals surface area (Å²) in [6.07, 6.45) is 3.57. The third-order valence-electron chi connectivity index (χ3n) is 5.36. The van der Waals surface area contributed by atoms with E-state index in [2.05, 4.69) is 37.5 Å². The first-order valence-corrected chi connectivity index (χ1v) is 11.4. The summed E-state index contributed by atoms with van der Waals surface area (Å²) in [4.78, 5) is 29.6. The van der Waals surface area contributed by atoms with Gasteiger partial charge in [0.2, 0.25) is 0 Å². The Hall–Kier alpha value is -1.92. The Morgan fingerprint density at radius 2 is 1.03 bits per heavy atom. The van der Waals surface area contributed by atoms with Crippen molar-refractivity contribution in [2.45, 2.75) is 53.4 Å². The summed E-state index contributed by atoms with van der Waals surface area (Å²) in [6.45, 7) is 15.4. The minimum Gasteiger partial charge on any atom is -0.462 e. The van der Waals surface area contributed by atoms with E-state index in [1.54, 1.807) is 24.3 Å². The average molecular weight is 421 g/mol. The lowest BCUT2D eigenvalue weighted by Gasteiger charge is -2.17. The highest BCUT2D eigenvalue weighted by molar-refractivity contribution is 6.03. The van der Waals surface area contributed by atoms with Gasteiger partial charge in [-0.1, -0.05) is 39.8 Å². The van der Waals surface area contributed by atoms with Gasteiger partial charge in [0.1, 0.15) is 0 Å². The van der Waals surface area contributed by atoms with Crippen LogP contribution in [0.15, 0.2) is 24.3 Å². The molecule has 6 heteroatoms. The van der Waals surface area contributed by atoms with Crippen molar-refractivity contribution >= 4 is 11.9 Å². The molecule has 0 N–H and O–H groups in total.